The molecule has 5 heteroatoms. The van der Waals surface area contributed by atoms with Crippen molar-refractivity contribution in [1.29, 1.82) is 0 Å². The van der Waals surface area contributed by atoms with Crippen LogP contribution in [0.3, 0.4) is 0 Å². The number of rotatable bonds is 2. The number of hydrogen-bond acceptors (Lipinski definition) is 4. The van der Waals surface area contributed by atoms with Crippen LogP contribution in [0.4, 0.5) is 4.79 Å². The van der Waals surface area contributed by atoms with Gasteiger partial charge < -0.3 is 9.47 Å². The molecule has 1 aliphatic carbocycles. The number of nitrogens with zero attached hydrogens (tertiary/aromatic N) is 1. The number of esters is 1. The minimum absolute atomic E-state index is 0.263. The normalized spacial score (nSPS) is 13.4. The fourth-order valence-corrected chi connectivity index (χ4v) is 1.95. The Kier molecular flexibility index (Phi) is 7.92. The van der Waals surface area contributed by atoms with E-state index in [4.69, 9.17) is 4.74 Å². The third-order valence-corrected chi connectivity index (χ3v) is 3.09. The SMILES string of the molecule is COC(=O)C#CCCN(C#CC1=CCCCC1)C(=O)OC(C)(C)C. The molecule has 130 valence electrons. The summed E-state index contributed by atoms with van der Waals surface area (Å²) in [5.74, 6) is 7.44. The van der Waals surface area contributed by atoms with E-state index in [1.54, 1.807) is 20.8 Å². The zero-order valence-corrected chi connectivity index (χ0v) is 14.9. The van der Waals surface area contributed by atoms with Crippen LogP contribution in [-0.2, 0) is 14.3 Å². The summed E-state index contributed by atoms with van der Waals surface area (Å²) in [5, 5.41) is 0. The van der Waals surface area contributed by atoms with Gasteiger partial charge in [-0.25, -0.2) is 14.5 Å². The van der Waals surface area contributed by atoms with Crippen LogP contribution in [0.2, 0.25) is 0 Å². The molecule has 5 nitrogen and oxygen atoms in total. The summed E-state index contributed by atoms with van der Waals surface area (Å²) in [6.07, 6.45) is 6.19. The first kappa shape index (κ1) is 19.6. The van der Waals surface area contributed by atoms with Crippen LogP contribution < -0.4 is 0 Å². The van der Waals surface area contributed by atoms with Crippen LogP contribution in [0.1, 0.15) is 52.9 Å². The number of allylic oxidation sites excluding steroid dienone is 2. The van der Waals surface area contributed by atoms with Gasteiger partial charge in [-0.2, -0.15) is 0 Å². The van der Waals surface area contributed by atoms with E-state index in [1.165, 1.54) is 18.4 Å². The van der Waals surface area contributed by atoms with Gasteiger partial charge in [0.1, 0.15) is 5.60 Å². The van der Waals surface area contributed by atoms with Crippen molar-refractivity contribution in [3.63, 3.8) is 0 Å². The van der Waals surface area contributed by atoms with Crippen molar-refractivity contribution in [1.82, 2.24) is 4.90 Å². The van der Waals surface area contributed by atoms with Crippen molar-refractivity contribution in [2.24, 2.45) is 0 Å². The molecule has 0 saturated heterocycles. The van der Waals surface area contributed by atoms with E-state index in [0.717, 1.165) is 24.8 Å². The van der Waals surface area contributed by atoms with Crippen LogP contribution in [0, 0.1) is 23.8 Å². The molecule has 0 atom stereocenters. The lowest BCUT2D eigenvalue weighted by molar-refractivity contribution is -0.133. The average Bonchev–Trinajstić information content (AvgIpc) is 2.53. The maximum absolute atomic E-state index is 12.3. The Balaban J connectivity index is 2.76. The summed E-state index contributed by atoms with van der Waals surface area (Å²) in [7, 11) is 1.27. The van der Waals surface area contributed by atoms with Crippen LogP contribution in [-0.4, -0.2) is 36.2 Å². The molecule has 0 aromatic carbocycles. The fourth-order valence-electron chi connectivity index (χ4n) is 1.95. The van der Waals surface area contributed by atoms with Gasteiger partial charge in [-0.05, 0) is 57.9 Å². The molecular formula is C19H25NO4. The molecule has 1 aliphatic rings. The fraction of sp³-hybridized carbons (Fsp3) is 0.579. The van der Waals surface area contributed by atoms with E-state index in [1.807, 2.05) is 0 Å². The Hall–Kier alpha value is -2.40. The van der Waals surface area contributed by atoms with Crippen molar-refractivity contribution in [3.05, 3.63) is 11.6 Å². The number of amides is 1. The van der Waals surface area contributed by atoms with E-state index in [2.05, 4.69) is 34.6 Å². The van der Waals surface area contributed by atoms with Gasteiger partial charge >= 0.3 is 12.1 Å². The van der Waals surface area contributed by atoms with Crippen molar-refractivity contribution in [3.8, 4) is 23.8 Å². The highest BCUT2D eigenvalue weighted by atomic mass is 16.6. The second-order valence-electron chi connectivity index (χ2n) is 6.39. The predicted molar refractivity (Wildman–Crippen MR) is 91.7 cm³/mol. The van der Waals surface area contributed by atoms with Crippen molar-refractivity contribution in [2.75, 3.05) is 13.7 Å². The molecule has 0 spiro atoms. The van der Waals surface area contributed by atoms with Gasteiger partial charge in [0, 0.05) is 24.9 Å². The quantitative estimate of drug-likeness (QED) is 0.337. The minimum Gasteiger partial charge on any atom is -0.459 e. The first-order valence-electron chi connectivity index (χ1n) is 8.10. The van der Waals surface area contributed by atoms with Gasteiger partial charge in [0.15, 0.2) is 0 Å². The molecule has 1 amide bonds. The number of hydrogen-bond donors (Lipinski definition) is 0. The number of methoxy groups -OCH3 is 1. The molecular weight excluding hydrogens is 306 g/mol. The van der Waals surface area contributed by atoms with E-state index in [-0.39, 0.29) is 6.54 Å². The van der Waals surface area contributed by atoms with Crippen molar-refractivity contribution in [2.45, 2.75) is 58.5 Å². The second-order valence-corrected chi connectivity index (χ2v) is 6.39. The molecule has 0 bridgehead atoms. The summed E-state index contributed by atoms with van der Waals surface area (Å²) in [5.41, 5.74) is 0.453. The van der Waals surface area contributed by atoms with Crippen LogP contribution in [0.15, 0.2) is 11.6 Å². The summed E-state index contributed by atoms with van der Waals surface area (Å²) in [4.78, 5) is 24.5. The monoisotopic (exact) mass is 331 g/mol. The minimum atomic E-state index is -0.600. The molecule has 0 aliphatic heterocycles. The molecule has 0 unspecified atom stereocenters. The van der Waals surface area contributed by atoms with Gasteiger partial charge in [-0.1, -0.05) is 12.0 Å². The topological polar surface area (TPSA) is 55.8 Å². The van der Waals surface area contributed by atoms with E-state index < -0.39 is 17.7 Å². The van der Waals surface area contributed by atoms with E-state index >= 15 is 0 Å². The molecule has 0 aromatic rings. The number of ether oxygens (including phenoxy) is 2. The first-order chi connectivity index (χ1) is 11.3. The average molecular weight is 331 g/mol. The Labute approximate surface area is 144 Å². The van der Waals surface area contributed by atoms with Gasteiger partial charge in [-0.3, -0.25) is 0 Å². The highest BCUT2D eigenvalue weighted by Crippen LogP contribution is 2.16. The van der Waals surface area contributed by atoms with Crippen molar-refractivity contribution < 1.29 is 19.1 Å². The lowest BCUT2D eigenvalue weighted by atomic mass is 10.0. The summed E-state index contributed by atoms with van der Waals surface area (Å²) < 4.78 is 9.81. The van der Waals surface area contributed by atoms with E-state index in [9.17, 15) is 9.59 Å². The smallest absolute Gasteiger partial charge is 0.422 e. The molecule has 0 aromatic heterocycles. The second kappa shape index (κ2) is 9.67. The highest BCUT2D eigenvalue weighted by molar-refractivity contribution is 5.88. The predicted octanol–water partition coefficient (Wildman–Crippen LogP) is 3.25. The maximum atomic E-state index is 12.3. The lowest BCUT2D eigenvalue weighted by Gasteiger charge is -2.23. The van der Waals surface area contributed by atoms with Gasteiger partial charge in [0.2, 0.25) is 0 Å². The Morgan fingerprint density at radius 1 is 1.29 bits per heavy atom. The lowest BCUT2D eigenvalue weighted by Crippen LogP contribution is -2.34. The Morgan fingerprint density at radius 3 is 2.62 bits per heavy atom. The molecule has 0 saturated carbocycles. The van der Waals surface area contributed by atoms with Crippen LogP contribution in [0.5, 0.6) is 0 Å². The molecule has 0 heterocycles. The molecule has 0 fully saturated rings. The molecule has 24 heavy (non-hydrogen) atoms. The largest absolute Gasteiger partial charge is 0.459 e. The van der Waals surface area contributed by atoms with Gasteiger partial charge in [0.05, 0.1) is 7.11 Å². The molecule has 1 rings (SSSR count). The van der Waals surface area contributed by atoms with E-state index in [0.29, 0.717) is 6.42 Å². The van der Waals surface area contributed by atoms with Gasteiger partial charge in [-0.15, -0.1) is 0 Å². The number of carbonyl (C=O) groups excluding carboxylic acids is 2. The third kappa shape index (κ3) is 8.29. The zero-order valence-electron chi connectivity index (χ0n) is 14.9. The Morgan fingerprint density at radius 2 is 2.04 bits per heavy atom. The summed E-state index contributed by atoms with van der Waals surface area (Å²) >= 11 is 0. The molecule has 0 N–H and O–H groups in total. The van der Waals surface area contributed by atoms with Crippen molar-refractivity contribution >= 4 is 12.1 Å². The highest BCUT2D eigenvalue weighted by Gasteiger charge is 2.20. The first-order valence-corrected chi connectivity index (χ1v) is 8.10. The zero-order chi connectivity index (χ0) is 18.0. The summed E-state index contributed by atoms with van der Waals surface area (Å²) in [6, 6.07) is 2.87. The third-order valence-electron chi connectivity index (χ3n) is 3.09. The number of carbonyl (C=O) groups is 2. The van der Waals surface area contributed by atoms with Gasteiger partial charge in [0.25, 0.3) is 0 Å². The van der Waals surface area contributed by atoms with Crippen LogP contribution >= 0.6 is 0 Å². The Bertz CT molecular complexity index is 605. The molecule has 0 radical (unpaired) electrons. The summed E-state index contributed by atoms with van der Waals surface area (Å²) in [6.45, 7) is 5.67. The standard InChI is InChI=1S/C19H25NO4/c1-19(2,3)24-18(22)20(14-9-8-12-17(21)23-4)15-13-16-10-6-5-7-11-16/h10H,5-7,9,11,14H2,1-4H3. The van der Waals surface area contributed by atoms with Crippen LogP contribution in [0.25, 0.3) is 0 Å². The maximum Gasteiger partial charge on any atom is 0.422 e.